The van der Waals surface area contributed by atoms with Crippen LogP contribution < -0.4 is 4.74 Å². The van der Waals surface area contributed by atoms with Gasteiger partial charge in [0, 0.05) is 10.6 Å². The van der Waals surface area contributed by atoms with Crippen molar-refractivity contribution >= 4 is 11.8 Å². The van der Waals surface area contributed by atoms with Crippen LogP contribution in [-0.2, 0) is 0 Å². The van der Waals surface area contributed by atoms with E-state index in [0.717, 1.165) is 18.1 Å². The summed E-state index contributed by atoms with van der Waals surface area (Å²) in [6, 6.07) is 14.8. The largest absolute Gasteiger partial charge is 0.492 e. The Balaban J connectivity index is 1.86. The molecule has 0 spiro atoms. The van der Waals surface area contributed by atoms with Gasteiger partial charge in [0.1, 0.15) is 5.75 Å². The van der Waals surface area contributed by atoms with Gasteiger partial charge in [-0.25, -0.2) is 0 Å². The van der Waals surface area contributed by atoms with Crippen molar-refractivity contribution in [1.29, 1.82) is 0 Å². The molecule has 0 unspecified atom stereocenters. The molecule has 0 heterocycles. The summed E-state index contributed by atoms with van der Waals surface area (Å²) in [5.74, 6) is 1.99. The zero-order valence-electron chi connectivity index (χ0n) is 11.8. The van der Waals surface area contributed by atoms with E-state index in [9.17, 15) is 0 Å². The highest BCUT2D eigenvalue weighted by Crippen LogP contribution is 2.24. The topological polar surface area (TPSA) is 9.23 Å². The van der Waals surface area contributed by atoms with Crippen LogP contribution in [0.3, 0.4) is 0 Å². The van der Waals surface area contributed by atoms with E-state index in [1.165, 1.54) is 21.6 Å². The normalized spacial score (nSPS) is 10.5. The van der Waals surface area contributed by atoms with Crippen molar-refractivity contribution in [2.45, 2.75) is 25.7 Å². The molecule has 0 bridgehead atoms. The van der Waals surface area contributed by atoms with Gasteiger partial charge in [-0.3, -0.25) is 0 Å². The molecular weight excluding hydrogens is 252 g/mol. The smallest absolute Gasteiger partial charge is 0.122 e. The third-order valence-corrected chi connectivity index (χ3v) is 4.09. The molecule has 0 aromatic heterocycles. The van der Waals surface area contributed by atoms with Gasteiger partial charge in [0.05, 0.1) is 6.61 Å². The minimum Gasteiger partial charge on any atom is -0.492 e. The number of rotatable bonds is 5. The Kier molecular flexibility index (Phi) is 4.92. The van der Waals surface area contributed by atoms with E-state index >= 15 is 0 Å². The molecule has 2 aromatic carbocycles. The van der Waals surface area contributed by atoms with Crippen LogP contribution in [0.25, 0.3) is 0 Å². The van der Waals surface area contributed by atoms with Crippen LogP contribution >= 0.6 is 11.8 Å². The molecule has 1 nitrogen and oxygen atoms in total. The van der Waals surface area contributed by atoms with E-state index in [2.05, 4.69) is 57.2 Å². The highest BCUT2D eigenvalue weighted by molar-refractivity contribution is 7.99. The maximum atomic E-state index is 5.90. The summed E-state index contributed by atoms with van der Waals surface area (Å²) in [6.45, 7) is 7.10. The van der Waals surface area contributed by atoms with E-state index in [1.807, 2.05) is 17.8 Å². The summed E-state index contributed by atoms with van der Waals surface area (Å²) in [4.78, 5) is 1.29. The van der Waals surface area contributed by atoms with Crippen molar-refractivity contribution in [2.75, 3.05) is 12.4 Å². The minimum atomic E-state index is 0.739. The summed E-state index contributed by atoms with van der Waals surface area (Å²) in [6.07, 6.45) is 0. The Bertz CT molecular complexity index is 534. The second-order valence-electron chi connectivity index (χ2n) is 4.71. The van der Waals surface area contributed by atoms with Crippen LogP contribution in [0.4, 0.5) is 0 Å². The summed E-state index contributed by atoms with van der Waals surface area (Å²) >= 11 is 1.83. The summed E-state index contributed by atoms with van der Waals surface area (Å²) in [5.41, 5.74) is 3.80. The minimum absolute atomic E-state index is 0.739. The Morgan fingerprint density at radius 3 is 2.47 bits per heavy atom. The molecular formula is C17H20OS. The first-order valence-electron chi connectivity index (χ1n) is 6.55. The van der Waals surface area contributed by atoms with Gasteiger partial charge >= 0.3 is 0 Å². The maximum Gasteiger partial charge on any atom is 0.122 e. The van der Waals surface area contributed by atoms with Crippen LogP contribution in [0, 0.1) is 20.8 Å². The number of benzene rings is 2. The molecule has 0 atom stereocenters. The van der Waals surface area contributed by atoms with Crippen molar-refractivity contribution in [3.8, 4) is 5.75 Å². The highest BCUT2D eigenvalue weighted by Gasteiger charge is 2.03. The Labute approximate surface area is 120 Å². The molecule has 0 saturated carbocycles. The molecule has 0 aliphatic carbocycles. The number of hydrogen-bond acceptors (Lipinski definition) is 2. The number of hydrogen-bond donors (Lipinski definition) is 0. The van der Waals surface area contributed by atoms with Crippen molar-refractivity contribution in [3.63, 3.8) is 0 Å². The third kappa shape index (κ3) is 4.03. The van der Waals surface area contributed by atoms with Gasteiger partial charge in [-0.2, -0.15) is 0 Å². The van der Waals surface area contributed by atoms with Crippen molar-refractivity contribution in [1.82, 2.24) is 0 Å². The molecule has 19 heavy (non-hydrogen) atoms. The SMILES string of the molecule is Cc1cc(C)c(C)c(OCCSc2ccccc2)c1. The van der Waals surface area contributed by atoms with E-state index in [-0.39, 0.29) is 0 Å². The molecule has 0 aliphatic rings. The molecule has 100 valence electrons. The lowest BCUT2D eigenvalue weighted by atomic mass is 10.1. The van der Waals surface area contributed by atoms with Crippen LogP contribution in [0.15, 0.2) is 47.4 Å². The fourth-order valence-corrected chi connectivity index (χ4v) is 2.73. The summed E-state index contributed by atoms with van der Waals surface area (Å²) < 4.78 is 5.90. The Hall–Kier alpha value is -1.41. The van der Waals surface area contributed by atoms with Crippen molar-refractivity contribution in [3.05, 3.63) is 59.2 Å². The first kappa shape index (κ1) is 14.0. The van der Waals surface area contributed by atoms with Crippen LogP contribution in [0.5, 0.6) is 5.75 Å². The maximum absolute atomic E-state index is 5.90. The first-order chi connectivity index (χ1) is 9.16. The number of ether oxygens (including phenoxy) is 1. The molecule has 0 radical (unpaired) electrons. The van der Waals surface area contributed by atoms with E-state index in [4.69, 9.17) is 4.74 Å². The van der Waals surface area contributed by atoms with Gasteiger partial charge in [0.15, 0.2) is 0 Å². The van der Waals surface area contributed by atoms with Gasteiger partial charge in [0.2, 0.25) is 0 Å². The standard InChI is InChI=1S/C17H20OS/c1-13-11-14(2)15(3)17(12-13)18-9-10-19-16-7-5-4-6-8-16/h4-8,11-12H,9-10H2,1-3H3. The fraction of sp³-hybridized carbons (Fsp3) is 0.294. The Morgan fingerprint density at radius 2 is 1.74 bits per heavy atom. The molecule has 2 rings (SSSR count). The fourth-order valence-electron chi connectivity index (χ4n) is 1.98. The third-order valence-electron chi connectivity index (χ3n) is 3.12. The zero-order valence-corrected chi connectivity index (χ0v) is 12.6. The predicted octanol–water partition coefficient (Wildman–Crippen LogP) is 4.78. The average Bonchev–Trinajstić information content (AvgIpc) is 2.41. The quantitative estimate of drug-likeness (QED) is 0.572. The molecule has 0 saturated heterocycles. The lowest BCUT2D eigenvalue weighted by Crippen LogP contribution is -2.02. The molecule has 2 aromatic rings. The van der Waals surface area contributed by atoms with Gasteiger partial charge in [0.25, 0.3) is 0 Å². The van der Waals surface area contributed by atoms with Crippen LogP contribution in [0.2, 0.25) is 0 Å². The van der Waals surface area contributed by atoms with Gasteiger partial charge < -0.3 is 4.74 Å². The van der Waals surface area contributed by atoms with Crippen LogP contribution in [-0.4, -0.2) is 12.4 Å². The molecule has 0 fully saturated rings. The monoisotopic (exact) mass is 272 g/mol. The van der Waals surface area contributed by atoms with Crippen LogP contribution in [0.1, 0.15) is 16.7 Å². The summed E-state index contributed by atoms with van der Waals surface area (Å²) in [5, 5.41) is 0. The lowest BCUT2D eigenvalue weighted by molar-refractivity contribution is 0.341. The highest BCUT2D eigenvalue weighted by atomic mass is 32.2. The molecule has 0 N–H and O–H groups in total. The molecule has 0 amide bonds. The summed E-state index contributed by atoms with van der Waals surface area (Å²) in [7, 11) is 0. The molecule has 0 aliphatic heterocycles. The van der Waals surface area contributed by atoms with E-state index < -0.39 is 0 Å². The lowest BCUT2D eigenvalue weighted by Gasteiger charge is -2.12. The number of aryl methyl sites for hydroxylation is 2. The zero-order chi connectivity index (χ0) is 13.7. The predicted molar refractivity (Wildman–Crippen MR) is 83.3 cm³/mol. The van der Waals surface area contributed by atoms with Gasteiger partial charge in [-0.1, -0.05) is 24.3 Å². The van der Waals surface area contributed by atoms with E-state index in [0.29, 0.717) is 0 Å². The van der Waals surface area contributed by atoms with E-state index in [1.54, 1.807) is 0 Å². The molecule has 2 heteroatoms. The van der Waals surface area contributed by atoms with Crippen molar-refractivity contribution < 1.29 is 4.74 Å². The second-order valence-corrected chi connectivity index (χ2v) is 5.88. The number of thioether (sulfide) groups is 1. The average molecular weight is 272 g/mol. The van der Waals surface area contributed by atoms with Crippen molar-refractivity contribution in [2.24, 2.45) is 0 Å². The van der Waals surface area contributed by atoms with Gasteiger partial charge in [-0.15, -0.1) is 11.8 Å². The van der Waals surface area contributed by atoms with Gasteiger partial charge in [-0.05, 0) is 55.7 Å². The first-order valence-corrected chi connectivity index (χ1v) is 7.54. The Morgan fingerprint density at radius 1 is 1.00 bits per heavy atom. The second kappa shape index (κ2) is 6.67.